The Morgan fingerprint density at radius 3 is 2.16 bits per heavy atom. The van der Waals surface area contributed by atoms with Crippen LogP contribution in [-0.2, 0) is 4.79 Å². The number of halogens is 2. The number of carboxylic acid groups (broad SMARTS) is 1. The van der Waals surface area contributed by atoms with Crippen LogP contribution in [0.5, 0.6) is 0 Å². The third kappa shape index (κ3) is 4.95. The summed E-state index contributed by atoms with van der Waals surface area (Å²) in [6.07, 6.45) is 0.456. The molecule has 0 aliphatic rings. The van der Waals surface area contributed by atoms with Gasteiger partial charge in [-0.1, -0.05) is 13.8 Å². The fourth-order valence-electron chi connectivity index (χ4n) is 1.93. The first-order chi connectivity index (χ1) is 8.79. The molecule has 0 aliphatic carbocycles. The molecule has 0 aliphatic heterocycles. The van der Waals surface area contributed by atoms with E-state index in [1.54, 1.807) is 6.92 Å². The maximum absolute atomic E-state index is 13.1. The smallest absolute Gasteiger partial charge is 0.320 e. The monoisotopic (exact) mass is 271 g/mol. The average Bonchev–Trinajstić information content (AvgIpc) is 2.25. The molecule has 2 atom stereocenters. The van der Waals surface area contributed by atoms with Crippen LogP contribution in [0.25, 0.3) is 0 Å². The molecule has 1 rings (SSSR count). The van der Waals surface area contributed by atoms with Crippen molar-refractivity contribution < 1.29 is 18.7 Å². The number of carboxylic acids is 1. The Morgan fingerprint density at radius 1 is 1.21 bits per heavy atom. The Balaban J connectivity index is 2.81. The van der Waals surface area contributed by atoms with Gasteiger partial charge in [-0.2, -0.15) is 0 Å². The van der Waals surface area contributed by atoms with Gasteiger partial charge < -0.3 is 5.11 Å². The lowest BCUT2D eigenvalue weighted by Gasteiger charge is -2.22. The molecule has 0 heterocycles. The van der Waals surface area contributed by atoms with Gasteiger partial charge in [0.05, 0.1) is 0 Å². The molecule has 0 bridgehead atoms. The molecule has 106 valence electrons. The highest BCUT2D eigenvalue weighted by molar-refractivity contribution is 5.73. The molecule has 0 spiro atoms. The summed E-state index contributed by atoms with van der Waals surface area (Å²) in [4.78, 5) is 11.1. The van der Waals surface area contributed by atoms with Gasteiger partial charge in [-0.25, -0.2) is 8.78 Å². The SMILES string of the molecule is CC(C)CC(NC(C)c1cc(F)cc(F)c1)C(=O)O. The molecule has 3 nitrogen and oxygen atoms in total. The van der Waals surface area contributed by atoms with Crippen LogP contribution in [0.1, 0.15) is 38.8 Å². The van der Waals surface area contributed by atoms with E-state index < -0.39 is 29.7 Å². The van der Waals surface area contributed by atoms with Gasteiger partial charge in [-0.05, 0) is 37.0 Å². The second-order valence-corrected chi connectivity index (χ2v) is 5.11. The maximum atomic E-state index is 13.1. The van der Waals surface area contributed by atoms with Crippen LogP contribution in [0.4, 0.5) is 8.78 Å². The maximum Gasteiger partial charge on any atom is 0.320 e. The molecule has 1 aromatic rings. The molecular weight excluding hydrogens is 252 g/mol. The van der Waals surface area contributed by atoms with E-state index >= 15 is 0 Å². The number of rotatable bonds is 6. The molecule has 19 heavy (non-hydrogen) atoms. The molecule has 1 aromatic carbocycles. The number of aliphatic carboxylic acids is 1. The van der Waals surface area contributed by atoms with Crippen LogP contribution in [0, 0.1) is 17.6 Å². The molecule has 0 saturated carbocycles. The Kier molecular flexibility index (Phi) is 5.42. The summed E-state index contributed by atoms with van der Waals surface area (Å²) < 4.78 is 26.2. The molecule has 5 heteroatoms. The second-order valence-electron chi connectivity index (χ2n) is 5.11. The van der Waals surface area contributed by atoms with E-state index in [0.29, 0.717) is 12.0 Å². The first kappa shape index (κ1) is 15.6. The minimum absolute atomic E-state index is 0.213. The standard InChI is InChI=1S/C14H19F2NO2/c1-8(2)4-13(14(18)19)17-9(3)10-5-11(15)7-12(16)6-10/h5-9,13,17H,4H2,1-3H3,(H,18,19). The zero-order valence-corrected chi connectivity index (χ0v) is 11.3. The molecule has 0 amide bonds. The van der Waals surface area contributed by atoms with Gasteiger partial charge in [-0.15, -0.1) is 0 Å². The summed E-state index contributed by atoms with van der Waals surface area (Å²) in [5, 5.41) is 12.0. The zero-order chi connectivity index (χ0) is 14.6. The Hall–Kier alpha value is -1.49. The Bertz CT molecular complexity index is 429. The summed E-state index contributed by atoms with van der Waals surface area (Å²) in [5.41, 5.74) is 0.396. The van der Waals surface area contributed by atoms with Crippen LogP contribution >= 0.6 is 0 Å². The zero-order valence-electron chi connectivity index (χ0n) is 11.3. The largest absolute Gasteiger partial charge is 0.480 e. The molecule has 0 saturated heterocycles. The lowest BCUT2D eigenvalue weighted by Crippen LogP contribution is -2.39. The number of hydrogen-bond donors (Lipinski definition) is 2. The lowest BCUT2D eigenvalue weighted by molar-refractivity contribution is -0.140. The topological polar surface area (TPSA) is 49.3 Å². The first-order valence-corrected chi connectivity index (χ1v) is 6.24. The second kappa shape index (κ2) is 6.61. The van der Waals surface area contributed by atoms with Crippen molar-refractivity contribution in [3.8, 4) is 0 Å². The van der Waals surface area contributed by atoms with Crippen LogP contribution in [0.15, 0.2) is 18.2 Å². The van der Waals surface area contributed by atoms with Crippen molar-refractivity contribution in [1.29, 1.82) is 0 Å². The predicted molar refractivity (Wildman–Crippen MR) is 68.8 cm³/mol. The molecule has 2 N–H and O–H groups in total. The van der Waals surface area contributed by atoms with E-state index in [4.69, 9.17) is 5.11 Å². The number of hydrogen-bond acceptors (Lipinski definition) is 2. The minimum atomic E-state index is -0.961. The minimum Gasteiger partial charge on any atom is -0.480 e. The fourth-order valence-corrected chi connectivity index (χ4v) is 1.93. The van der Waals surface area contributed by atoms with Gasteiger partial charge in [0.15, 0.2) is 0 Å². The van der Waals surface area contributed by atoms with E-state index in [9.17, 15) is 13.6 Å². The third-order valence-corrected chi connectivity index (χ3v) is 2.84. The van der Waals surface area contributed by atoms with Gasteiger partial charge in [-0.3, -0.25) is 10.1 Å². The predicted octanol–water partition coefficient (Wildman–Crippen LogP) is 3.11. The van der Waals surface area contributed by atoms with Crippen LogP contribution < -0.4 is 5.32 Å². The van der Waals surface area contributed by atoms with Crippen LogP contribution in [0.2, 0.25) is 0 Å². The lowest BCUT2D eigenvalue weighted by atomic mass is 10.0. The van der Waals surface area contributed by atoms with E-state index in [1.165, 1.54) is 12.1 Å². The quantitative estimate of drug-likeness (QED) is 0.835. The van der Waals surface area contributed by atoms with Gasteiger partial charge in [0.2, 0.25) is 0 Å². The van der Waals surface area contributed by atoms with E-state index in [1.807, 2.05) is 13.8 Å². The fraction of sp³-hybridized carbons (Fsp3) is 0.500. The van der Waals surface area contributed by atoms with Crippen molar-refractivity contribution in [1.82, 2.24) is 5.32 Å². The molecule has 0 radical (unpaired) electrons. The van der Waals surface area contributed by atoms with Gasteiger partial charge in [0, 0.05) is 12.1 Å². The van der Waals surface area contributed by atoms with Gasteiger partial charge in [0.25, 0.3) is 0 Å². The van der Waals surface area contributed by atoms with Crippen LogP contribution in [0.3, 0.4) is 0 Å². The molecule has 0 fully saturated rings. The molecule has 0 aromatic heterocycles. The van der Waals surface area contributed by atoms with Crippen molar-refractivity contribution in [2.45, 2.75) is 39.3 Å². The van der Waals surface area contributed by atoms with E-state index in [0.717, 1.165) is 6.07 Å². The highest BCUT2D eigenvalue weighted by Gasteiger charge is 2.21. The van der Waals surface area contributed by atoms with Crippen molar-refractivity contribution in [3.63, 3.8) is 0 Å². The van der Waals surface area contributed by atoms with Crippen molar-refractivity contribution in [2.24, 2.45) is 5.92 Å². The highest BCUT2D eigenvalue weighted by Crippen LogP contribution is 2.18. The van der Waals surface area contributed by atoms with E-state index in [-0.39, 0.29) is 5.92 Å². The number of carbonyl (C=O) groups is 1. The third-order valence-electron chi connectivity index (χ3n) is 2.84. The summed E-state index contributed by atoms with van der Waals surface area (Å²) in [6.45, 7) is 5.53. The van der Waals surface area contributed by atoms with Crippen LogP contribution in [-0.4, -0.2) is 17.1 Å². The summed E-state index contributed by atoms with van der Waals surface area (Å²) in [6, 6.07) is 2.02. The molecular formula is C14H19F2NO2. The van der Waals surface area contributed by atoms with Gasteiger partial charge >= 0.3 is 5.97 Å². The number of nitrogens with one attached hydrogen (secondary N) is 1. The summed E-state index contributed by atoms with van der Waals surface area (Å²) >= 11 is 0. The Labute approximate surface area is 111 Å². The van der Waals surface area contributed by atoms with Crippen molar-refractivity contribution in [2.75, 3.05) is 0 Å². The summed E-state index contributed by atoms with van der Waals surface area (Å²) in [7, 11) is 0. The van der Waals surface area contributed by atoms with Crippen molar-refractivity contribution in [3.05, 3.63) is 35.4 Å². The van der Waals surface area contributed by atoms with Crippen molar-refractivity contribution >= 4 is 5.97 Å². The van der Waals surface area contributed by atoms with E-state index in [2.05, 4.69) is 5.32 Å². The number of benzene rings is 1. The normalized spacial score (nSPS) is 14.4. The van der Waals surface area contributed by atoms with Gasteiger partial charge in [0.1, 0.15) is 17.7 Å². The summed E-state index contributed by atoms with van der Waals surface area (Å²) in [5.74, 6) is -2.08. The average molecular weight is 271 g/mol. The first-order valence-electron chi connectivity index (χ1n) is 6.24. The Morgan fingerprint density at radius 2 is 1.74 bits per heavy atom. The highest BCUT2D eigenvalue weighted by atomic mass is 19.1. The molecule has 2 unspecified atom stereocenters.